The Morgan fingerprint density at radius 3 is 2.57 bits per heavy atom. The molecule has 2 heterocycles. The fraction of sp³-hybridized carbons (Fsp3) is 0.0833. The van der Waals surface area contributed by atoms with Crippen molar-refractivity contribution in [2.24, 2.45) is 0 Å². The molecule has 3 aromatic carbocycles. The highest BCUT2D eigenvalue weighted by atomic mass is 35.5. The highest BCUT2D eigenvalue weighted by Gasteiger charge is 2.32. The molecule has 0 bridgehead atoms. The predicted molar refractivity (Wildman–Crippen MR) is 114 cm³/mol. The van der Waals surface area contributed by atoms with Crippen molar-refractivity contribution in [1.82, 2.24) is 9.55 Å². The molecule has 30 heavy (non-hydrogen) atoms. The van der Waals surface area contributed by atoms with Gasteiger partial charge in [-0.05, 0) is 29.3 Å². The number of rotatable bonds is 3. The van der Waals surface area contributed by atoms with E-state index in [9.17, 15) is 5.11 Å². The Labute approximate surface area is 178 Å². The molecule has 0 aliphatic carbocycles. The molecule has 1 aliphatic heterocycles. The Morgan fingerprint density at radius 2 is 1.80 bits per heavy atom. The van der Waals surface area contributed by atoms with E-state index in [0.717, 1.165) is 16.7 Å². The fourth-order valence-electron chi connectivity index (χ4n) is 3.86. The normalized spacial score (nSPS) is 14.5. The smallest absolute Gasteiger partial charge is 0.228 e. The second kappa shape index (κ2) is 7.35. The Morgan fingerprint density at radius 1 is 1.03 bits per heavy atom. The topological polar surface area (TPSA) is 71.1 Å². The van der Waals surface area contributed by atoms with Crippen molar-refractivity contribution in [3.8, 4) is 17.4 Å². The maximum absolute atomic E-state index is 9.93. The Kier molecular flexibility index (Phi) is 4.52. The Balaban J connectivity index is 1.69. The lowest BCUT2D eigenvalue weighted by molar-refractivity contribution is 0.415. The maximum atomic E-state index is 9.93. The van der Waals surface area contributed by atoms with E-state index < -0.39 is 0 Å². The third kappa shape index (κ3) is 3.23. The van der Waals surface area contributed by atoms with Crippen LogP contribution in [0.1, 0.15) is 28.2 Å². The number of nitrogens with zero attached hydrogens (tertiary/aromatic N) is 2. The first-order valence-electron chi connectivity index (χ1n) is 9.54. The highest BCUT2D eigenvalue weighted by Crippen LogP contribution is 2.46. The molecule has 5 nitrogen and oxygen atoms in total. The number of halogens is 1. The highest BCUT2D eigenvalue weighted by molar-refractivity contribution is 6.30. The zero-order valence-corrected chi connectivity index (χ0v) is 16.7. The fourth-order valence-corrected chi connectivity index (χ4v) is 3.98. The molecule has 1 atom stereocenters. The van der Waals surface area contributed by atoms with Gasteiger partial charge in [-0.2, -0.15) is 0 Å². The number of phenols is 1. The quantitative estimate of drug-likeness (QED) is 0.433. The Hall–Kier alpha value is -3.57. The van der Waals surface area contributed by atoms with Crippen LogP contribution in [0.15, 0.2) is 79.1 Å². The number of benzene rings is 3. The molecule has 6 heteroatoms. The van der Waals surface area contributed by atoms with Gasteiger partial charge >= 0.3 is 0 Å². The summed E-state index contributed by atoms with van der Waals surface area (Å²) in [5.41, 5.74) is 3.96. The van der Waals surface area contributed by atoms with Gasteiger partial charge in [-0.1, -0.05) is 60.1 Å². The number of aromatic nitrogens is 2. The molecule has 0 amide bonds. The van der Waals surface area contributed by atoms with Crippen LogP contribution in [0.5, 0.6) is 17.4 Å². The molecule has 0 unspecified atom stereocenters. The summed E-state index contributed by atoms with van der Waals surface area (Å²) in [5, 5.41) is 19.5. The van der Waals surface area contributed by atoms with Crippen LogP contribution in [0.25, 0.3) is 0 Å². The van der Waals surface area contributed by atoms with Gasteiger partial charge in [0.1, 0.15) is 23.3 Å². The third-order valence-electron chi connectivity index (χ3n) is 5.29. The van der Waals surface area contributed by atoms with E-state index in [1.165, 1.54) is 0 Å². The van der Waals surface area contributed by atoms with E-state index >= 15 is 0 Å². The van der Waals surface area contributed by atoms with Crippen molar-refractivity contribution >= 4 is 11.6 Å². The van der Waals surface area contributed by atoms with Crippen molar-refractivity contribution in [2.75, 3.05) is 0 Å². The minimum absolute atomic E-state index is 0.119. The average molecular weight is 416 g/mol. The van der Waals surface area contributed by atoms with E-state index in [4.69, 9.17) is 21.7 Å². The first-order chi connectivity index (χ1) is 14.6. The summed E-state index contributed by atoms with van der Waals surface area (Å²) in [4.78, 5) is 4.51. The van der Waals surface area contributed by atoms with E-state index in [-0.39, 0.29) is 11.7 Å². The third-order valence-corrected chi connectivity index (χ3v) is 5.54. The van der Waals surface area contributed by atoms with Crippen LogP contribution in [-0.2, 0) is 6.54 Å². The monoisotopic (exact) mass is 415 g/mol. The van der Waals surface area contributed by atoms with Gasteiger partial charge in [-0.3, -0.25) is 5.41 Å². The number of hydrogen-bond acceptors (Lipinski definition) is 4. The lowest BCUT2D eigenvalue weighted by atomic mass is 9.84. The molecular formula is C24H18ClN3O2. The van der Waals surface area contributed by atoms with Gasteiger partial charge < -0.3 is 14.4 Å². The molecule has 2 N–H and O–H groups in total. The van der Waals surface area contributed by atoms with Gasteiger partial charge in [0.25, 0.3) is 0 Å². The second-order valence-corrected chi connectivity index (χ2v) is 7.67. The number of hydrogen-bond donors (Lipinski definition) is 2. The maximum Gasteiger partial charge on any atom is 0.228 e. The number of ether oxygens (including phenoxy) is 1. The second-order valence-electron chi connectivity index (χ2n) is 7.23. The minimum atomic E-state index is -0.259. The van der Waals surface area contributed by atoms with Gasteiger partial charge in [0.05, 0.1) is 12.1 Å². The summed E-state index contributed by atoms with van der Waals surface area (Å²) in [6, 6.07) is 22.6. The van der Waals surface area contributed by atoms with E-state index in [0.29, 0.717) is 34.2 Å². The van der Waals surface area contributed by atoms with Crippen LogP contribution >= 0.6 is 11.6 Å². The number of fused-ring (bicyclic) bond motifs is 2. The van der Waals surface area contributed by atoms with Crippen LogP contribution in [0, 0.1) is 5.41 Å². The van der Waals surface area contributed by atoms with Gasteiger partial charge in [0.15, 0.2) is 0 Å². The van der Waals surface area contributed by atoms with Gasteiger partial charge in [0.2, 0.25) is 5.88 Å². The molecular weight excluding hydrogens is 398 g/mol. The van der Waals surface area contributed by atoms with Crippen molar-refractivity contribution < 1.29 is 9.84 Å². The molecule has 5 rings (SSSR count). The predicted octanol–water partition coefficient (Wildman–Crippen LogP) is 5.06. The van der Waals surface area contributed by atoms with Crippen LogP contribution in [0.4, 0.5) is 0 Å². The first kappa shape index (κ1) is 18.5. The van der Waals surface area contributed by atoms with Crippen molar-refractivity contribution in [3.63, 3.8) is 0 Å². The van der Waals surface area contributed by atoms with Gasteiger partial charge in [-0.15, -0.1) is 0 Å². The molecule has 0 fully saturated rings. The summed E-state index contributed by atoms with van der Waals surface area (Å²) in [5.74, 6) is 0.774. The van der Waals surface area contributed by atoms with Crippen LogP contribution < -0.4 is 10.2 Å². The molecule has 148 valence electrons. The molecule has 0 radical (unpaired) electrons. The Bertz CT molecular complexity index is 1280. The van der Waals surface area contributed by atoms with Crippen molar-refractivity contribution in [3.05, 3.63) is 112 Å². The minimum Gasteiger partial charge on any atom is -0.508 e. The van der Waals surface area contributed by atoms with Gasteiger partial charge in [-0.25, -0.2) is 4.98 Å². The van der Waals surface area contributed by atoms with Gasteiger partial charge in [0, 0.05) is 22.6 Å². The zero-order chi connectivity index (χ0) is 20.7. The van der Waals surface area contributed by atoms with E-state index in [1.807, 2.05) is 65.2 Å². The summed E-state index contributed by atoms with van der Waals surface area (Å²) >= 11 is 6.11. The molecule has 4 aromatic rings. The number of aromatic hydroxyl groups is 1. The lowest BCUT2D eigenvalue weighted by Gasteiger charge is -2.28. The summed E-state index contributed by atoms with van der Waals surface area (Å²) in [6.07, 6.45) is 1.63. The van der Waals surface area contributed by atoms with Crippen LogP contribution in [0.2, 0.25) is 5.02 Å². The standard InChI is InChI=1S/C24H18ClN3O2/c25-17-8-6-16(7-9-17)21-19-11-10-18(29)12-20(19)30-24-22(21)23(26)28(14-27-24)13-15-4-2-1-3-5-15/h1-12,14,21,26,29H,13H2/t21-/m0/s1. The van der Waals surface area contributed by atoms with Crippen LogP contribution in [-0.4, -0.2) is 14.7 Å². The van der Waals surface area contributed by atoms with Crippen LogP contribution in [0.3, 0.4) is 0 Å². The molecule has 0 saturated heterocycles. The largest absolute Gasteiger partial charge is 0.508 e. The van der Waals surface area contributed by atoms with E-state index in [1.54, 1.807) is 18.5 Å². The van der Waals surface area contributed by atoms with Crippen molar-refractivity contribution in [2.45, 2.75) is 12.5 Å². The SMILES string of the molecule is N=c1c2c(ncn1Cc1ccccc1)Oc1cc(O)ccc1[C@@H]2c1ccc(Cl)cc1. The molecule has 1 aliphatic rings. The number of phenolic OH excluding ortho intramolecular Hbond substituents is 1. The molecule has 0 saturated carbocycles. The zero-order valence-electron chi connectivity index (χ0n) is 15.9. The van der Waals surface area contributed by atoms with E-state index in [2.05, 4.69) is 4.98 Å². The van der Waals surface area contributed by atoms with Crippen molar-refractivity contribution in [1.29, 1.82) is 5.41 Å². The average Bonchev–Trinajstić information content (AvgIpc) is 2.76. The number of nitrogens with one attached hydrogen (secondary N) is 1. The summed E-state index contributed by atoms with van der Waals surface area (Å²) in [7, 11) is 0. The summed E-state index contributed by atoms with van der Waals surface area (Å²) in [6.45, 7) is 0.537. The lowest BCUT2D eigenvalue weighted by Crippen LogP contribution is -2.30. The molecule has 0 spiro atoms. The summed E-state index contributed by atoms with van der Waals surface area (Å²) < 4.78 is 7.80. The first-order valence-corrected chi connectivity index (χ1v) is 9.92. The molecule has 1 aromatic heterocycles.